The van der Waals surface area contributed by atoms with Gasteiger partial charge >= 0.3 is 0 Å². The molecule has 7 heteroatoms. The Kier molecular flexibility index (Phi) is 4.29. The van der Waals surface area contributed by atoms with Gasteiger partial charge in [0.15, 0.2) is 5.76 Å². The van der Waals surface area contributed by atoms with Crippen LogP contribution in [0.15, 0.2) is 22.6 Å². The molecule has 2 aromatic heterocycles. The van der Waals surface area contributed by atoms with Crippen LogP contribution in [0.3, 0.4) is 0 Å². The van der Waals surface area contributed by atoms with Crippen LogP contribution in [0.5, 0.6) is 5.75 Å². The molecule has 120 valence electrons. The molecule has 0 aliphatic heterocycles. The fraction of sp³-hybridized carbons (Fsp3) is 0.312. The second-order valence-electron chi connectivity index (χ2n) is 4.96. The maximum absolute atomic E-state index is 12.4. The summed E-state index contributed by atoms with van der Waals surface area (Å²) in [5.74, 6) is 0.713. The van der Waals surface area contributed by atoms with Gasteiger partial charge in [0, 0.05) is 10.9 Å². The molecule has 0 saturated carbocycles. The van der Waals surface area contributed by atoms with Crippen LogP contribution in [-0.4, -0.2) is 22.7 Å². The highest BCUT2D eigenvalue weighted by atomic mass is 32.1. The second kappa shape index (κ2) is 6.37. The molecular formula is C16H17N3O3S. The molecule has 0 saturated heterocycles. The van der Waals surface area contributed by atoms with Crippen molar-refractivity contribution in [2.24, 2.45) is 0 Å². The number of carbonyl (C=O) groups is 1. The van der Waals surface area contributed by atoms with Crippen molar-refractivity contribution in [3.8, 4) is 5.75 Å². The van der Waals surface area contributed by atoms with Gasteiger partial charge in [-0.1, -0.05) is 18.3 Å². The van der Waals surface area contributed by atoms with Crippen LogP contribution < -0.4 is 10.1 Å². The van der Waals surface area contributed by atoms with Gasteiger partial charge in [0.05, 0.1) is 6.61 Å². The van der Waals surface area contributed by atoms with E-state index in [1.165, 1.54) is 11.3 Å². The molecule has 1 amide bonds. The fourth-order valence-corrected chi connectivity index (χ4v) is 2.95. The molecule has 0 bridgehead atoms. The first kappa shape index (κ1) is 15.5. The number of aryl methyl sites for hydroxylation is 2. The van der Waals surface area contributed by atoms with Gasteiger partial charge in [-0.15, -0.1) is 10.2 Å². The topological polar surface area (TPSA) is 77.2 Å². The van der Waals surface area contributed by atoms with Crippen molar-refractivity contribution < 1.29 is 13.9 Å². The van der Waals surface area contributed by atoms with E-state index in [1.54, 1.807) is 0 Å². The summed E-state index contributed by atoms with van der Waals surface area (Å²) in [5.41, 5.74) is 1.43. The third kappa shape index (κ3) is 3.05. The lowest BCUT2D eigenvalue weighted by atomic mass is 10.1. The molecule has 0 aliphatic rings. The van der Waals surface area contributed by atoms with Gasteiger partial charge in [-0.2, -0.15) is 0 Å². The second-order valence-corrected chi connectivity index (χ2v) is 6.02. The summed E-state index contributed by atoms with van der Waals surface area (Å²) < 4.78 is 11.2. The Morgan fingerprint density at radius 1 is 1.35 bits per heavy atom. The average Bonchev–Trinajstić information content (AvgIpc) is 3.13. The van der Waals surface area contributed by atoms with Crippen LogP contribution in [0, 0.1) is 6.92 Å². The molecule has 23 heavy (non-hydrogen) atoms. The zero-order chi connectivity index (χ0) is 16.4. The van der Waals surface area contributed by atoms with Crippen molar-refractivity contribution in [1.82, 2.24) is 10.2 Å². The Morgan fingerprint density at radius 2 is 2.17 bits per heavy atom. The van der Waals surface area contributed by atoms with E-state index in [4.69, 9.17) is 9.15 Å². The van der Waals surface area contributed by atoms with Gasteiger partial charge < -0.3 is 9.15 Å². The number of aromatic nitrogens is 2. The Labute approximate surface area is 137 Å². The third-order valence-corrected chi connectivity index (χ3v) is 4.40. The largest absolute Gasteiger partial charge is 0.494 e. The zero-order valence-electron chi connectivity index (χ0n) is 13.2. The maximum atomic E-state index is 12.4. The number of fused-ring (bicyclic) bond motifs is 1. The first-order valence-corrected chi connectivity index (χ1v) is 8.23. The fourth-order valence-electron chi connectivity index (χ4n) is 2.27. The van der Waals surface area contributed by atoms with Crippen LogP contribution in [0.2, 0.25) is 0 Å². The van der Waals surface area contributed by atoms with Crippen molar-refractivity contribution in [2.45, 2.75) is 27.2 Å². The van der Waals surface area contributed by atoms with E-state index >= 15 is 0 Å². The summed E-state index contributed by atoms with van der Waals surface area (Å²) in [7, 11) is 0. The first-order chi connectivity index (χ1) is 11.1. The minimum Gasteiger partial charge on any atom is -0.494 e. The minimum atomic E-state index is -0.324. The summed E-state index contributed by atoms with van der Waals surface area (Å²) in [4.78, 5) is 12.4. The lowest BCUT2D eigenvalue weighted by molar-refractivity contribution is 0.0998. The average molecular weight is 331 g/mol. The zero-order valence-corrected chi connectivity index (χ0v) is 14.0. The van der Waals surface area contributed by atoms with E-state index < -0.39 is 0 Å². The van der Waals surface area contributed by atoms with Crippen LogP contribution >= 0.6 is 11.3 Å². The predicted octanol–water partition coefficient (Wildman–Crippen LogP) is 3.81. The number of anilines is 1. The third-order valence-electron chi connectivity index (χ3n) is 3.41. The molecule has 3 rings (SSSR count). The number of nitrogens with zero attached hydrogens (tertiary/aromatic N) is 2. The SMILES string of the molecule is CCOc1ccc2oc(C(=O)Nc3nnc(CC)s3)c(C)c2c1. The van der Waals surface area contributed by atoms with E-state index in [2.05, 4.69) is 15.5 Å². The van der Waals surface area contributed by atoms with Crippen LogP contribution in [-0.2, 0) is 6.42 Å². The highest BCUT2D eigenvalue weighted by Gasteiger charge is 2.19. The quantitative estimate of drug-likeness (QED) is 0.769. The molecule has 0 unspecified atom stereocenters. The Morgan fingerprint density at radius 3 is 2.87 bits per heavy atom. The molecule has 0 radical (unpaired) electrons. The molecule has 1 aromatic carbocycles. The van der Waals surface area contributed by atoms with E-state index in [0.29, 0.717) is 17.3 Å². The molecule has 1 N–H and O–H groups in total. The normalized spacial score (nSPS) is 10.9. The van der Waals surface area contributed by atoms with Crippen LogP contribution in [0.25, 0.3) is 11.0 Å². The Hall–Kier alpha value is -2.41. The minimum absolute atomic E-state index is 0.280. The summed E-state index contributed by atoms with van der Waals surface area (Å²) in [6.45, 7) is 6.37. The van der Waals surface area contributed by atoms with Gasteiger partial charge in [-0.05, 0) is 38.5 Å². The lowest BCUT2D eigenvalue weighted by Crippen LogP contribution is -2.11. The van der Waals surface area contributed by atoms with Gasteiger partial charge in [0.1, 0.15) is 16.3 Å². The van der Waals surface area contributed by atoms with Crippen molar-refractivity contribution in [2.75, 3.05) is 11.9 Å². The summed E-state index contributed by atoms with van der Waals surface area (Å²) in [6, 6.07) is 5.52. The van der Waals surface area contributed by atoms with Crippen molar-refractivity contribution in [3.63, 3.8) is 0 Å². The number of amides is 1. The number of rotatable bonds is 5. The van der Waals surface area contributed by atoms with Gasteiger partial charge in [-0.25, -0.2) is 0 Å². The number of furan rings is 1. The Balaban J connectivity index is 1.89. The van der Waals surface area contributed by atoms with Crippen molar-refractivity contribution >= 4 is 33.3 Å². The molecule has 0 aliphatic carbocycles. The van der Waals surface area contributed by atoms with Gasteiger partial charge in [-0.3, -0.25) is 10.1 Å². The Bertz CT molecular complexity index is 853. The molecule has 3 aromatic rings. The summed E-state index contributed by atoms with van der Waals surface area (Å²) in [5, 5.41) is 12.9. The number of nitrogens with one attached hydrogen (secondary N) is 1. The first-order valence-electron chi connectivity index (χ1n) is 7.42. The number of hydrogen-bond acceptors (Lipinski definition) is 6. The molecule has 0 fully saturated rings. The molecule has 6 nitrogen and oxygen atoms in total. The number of hydrogen-bond donors (Lipinski definition) is 1. The molecular weight excluding hydrogens is 314 g/mol. The predicted molar refractivity (Wildman–Crippen MR) is 89.4 cm³/mol. The lowest BCUT2D eigenvalue weighted by Gasteiger charge is -2.01. The van der Waals surface area contributed by atoms with E-state index in [0.717, 1.165) is 28.1 Å². The van der Waals surface area contributed by atoms with E-state index in [1.807, 2.05) is 39.0 Å². The van der Waals surface area contributed by atoms with Gasteiger partial charge in [0.2, 0.25) is 5.13 Å². The van der Waals surface area contributed by atoms with E-state index in [-0.39, 0.29) is 11.7 Å². The van der Waals surface area contributed by atoms with Gasteiger partial charge in [0.25, 0.3) is 5.91 Å². The van der Waals surface area contributed by atoms with Crippen molar-refractivity contribution in [3.05, 3.63) is 34.5 Å². The smallest absolute Gasteiger partial charge is 0.293 e. The number of carbonyl (C=O) groups excluding carboxylic acids is 1. The molecule has 2 heterocycles. The van der Waals surface area contributed by atoms with Crippen LogP contribution in [0.1, 0.15) is 35.0 Å². The monoisotopic (exact) mass is 331 g/mol. The molecule has 0 spiro atoms. The highest BCUT2D eigenvalue weighted by molar-refractivity contribution is 7.15. The van der Waals surface area contributed by atoms with Crippen LogP contribution in [0.4, 0.5) is 5.13 Å². The highest BCUT2D eigenvalue weighted by Crippen LogP contribution is 2.29. The summed E-state index contributed by atoms with van der Waals surface area (Å²) in [6.07, 6.45) is 0.789. The number of benzene rings is 1. The maximum Gasteiger partial charge on any atom is 0.293 e. The van der Waals surface area contributed by atoms with E-state index in [9.17, 15) is 4.79 Å². The summed E-state index contributed by atoms with van der Waals surface area (Å²) >= 11 is 1.36. The molecule has 0 atom stereocenters. The standard InChI is InChI=1S/C16H17N3O3S/c1-4-13-18-19-16(23-13)17-15(20)14-9(3)11-8-10(21-5-2)6-7-12(11)22-14/h6-8H,4-5H2,1-3H3,(H,17,19,20). The number of ether oxygens (including phenoxy) is 1. The van der Waals surface area contributed by atoms with Crippen molar-refractivity contribution in [1.29, 1.82) is 0 Å².